The minimum absolute atomic E-state index is 0.413. The van der Waals surface area contributed by atoms with Crippen molar-refractivity contribution in [3.05, 3.63) is 22.3 Å². The first-order chi connectivity index (χ1) is 16.0. The molecule has 0 unspecified atom stereocenters. The molecule has 6 nitrogen and oxygen atoms in total. The Morgan fingerprint density at radius 2 is 0.857 bits per heavy atom. The molecule has 3 aliphatic carbocycles. The van der Waals surface area contributed by atoms with Gasteiger partial charge in [0, 0.05) is 0 Å². The fourth-order valence-corrected chi connectivity index (χ4v) is 10.6. The predicted molar refractivity (Wildman–Crippen MR) is 131 cm³/mol. The van der Waals surface area contributed by atoms with Gasteiger partial charge in [-0.15, -0.1) is 0 Å². The number of hydrogen-bond acceptors (Lipinski definition) is 6. The van der Waals surface area contributed by atoms with Gasteiger partial charge in [0.1, 0.15) is 0 Å². The third-order valence-corrected chi connectivity index (χ3v) is 11.4. The van der Waals surface area contributed by atoms with Gasteiger partial charge in [0.05, 0.1) is 0 Å². The molecule has 0 saturated carbocycles. The summed E-state index contributed by atoms with van der Waals surface area (Å²) in [5.74, 6) is -1.49. The van der Waals surface area contributed by atoms with E-state index < -0.39 is 56.1 Å². The van der Waals surface area contributed by atoms with Gasteiger partial charge in [-0.3, -0.25) is 0 Å². The topological polar surface area (TPSA) is 78.9 Å². The summed E-state index contributed by atoms with van der Waals surface area (Å²) in [6.45, 7) is 15.9. The van der Waals surface area contributed by atoms with E-state index in [1.54, 1.807) is 62.3 Å². The maximum absolute atomic E-state index is 13.4. The first-order valence-electron chi connectivity index (χ1n) is 13.1. The van der Waals surface area contributed by atoms with Gasteiger partial charge < -0.3 is 0 Å². The Labute approximate surface area is 216 Å². The van der Waals surface area contributed by atoms with E-state index in [2.05, 4.69) is 0 Å². The van der Waals surface area contributed by atoms with E-state index in [4.69, 9.17) is 9.96 Å². The average Bonchev–Trinajstić information content (AvgIpc) is 3.06. The van der Waals surface area contributed by atoms with Gasteiger partial charge in [-0.2, -0.15) is 0 Å². The van der Waals surface area contributed by atoms with Crippen LogP contribution in [0, 0.1) is 16.2 Å². The Morgan fingerprint density at radius 1 is 0.571 bits per heavy atom. The SMILES string of the molecule is CC(C)(C)C(=O)[O][Ti]([O]C(=O)C(C)(C)C)([O]C(=O)C(C)(C)C)[CH]1C2=C(CCCC2)C2=C1CCCC2. The molecule has 0 aromatic rings. The second-order valence-corrected chi connectivity index (χ2v) is 17.1. The molecule has 0 radical (unpaired) electrons. The van der Waals surface area contributed by atoms with Crippen LogP contribution in [0.1, 0.15) is 114 Å². The number of fused-ring (bicyclic) bond motifs is 1. The van der Waals surface area contributed by atoms with Gasteiger partial charge in [0.25, 0.3) is 0 Å². The van der Waals surface area contributed by atoms with Crippen molar-refractivity contribution in [1.82, 2.24) is 0 Å². The second kappa shape index (κ2) is 9.81. The minimum atomic E-state index is -4.99. The van der Waals surface area contributed by atoms with E-state index in [-0.39, 0.29) is 0 Å². The summed E-state index contributed by atoms with van der Waals surface area (Å²) in [6, 6.07) is 0. The number of allylic oxidation sites excluding steroid dienone is 4. The average molecular weight is 525 g/mol. The van der Waals surface area contributed by atoms with Crippen LogP contribution in [0.15, 0.2) is 22.3 Å². The summed E-state index contributed by atoms with van der Waals surface area (Å²) in [5, 5.41) is 0. The zero-order valence-electron chi connectivity index (χ0n) is 23.2. The third kappa shape index (κ3) is 5.96. The van der Waals surface area contributed by atoms with E-state index in [9.17, 15) is 14.4 Å². The van der Waals surface area contributed by atoms with E-state index in [1.807, 2.05) is 0 Å². The molecule has 3 rings (SSSR count). The van der Waals surface area contributed by atoms with E-state index in [0.717, 1.165) is 51.4 Å². The molecule has 0 atom stereocenters. The summed E-state index contributed by atoms with van der Waals surface area (Å²) in [6.07, 6.45) is 7.97. The van der Waals surface area contributed by atoms with Crippen molar-refractivity contribution < 1.29 is 42.1 Å². The van der Waals surface area contributed by atoms with Gasteiger partial charge in [0.15, 0.2) is 0 Å². The van der Waals surface area contributed by atoms with Gasteiger partial charge in [-0.05, 0) is 0 Å². The van der Waals surface area contributed by atoms with Crippen molar-refractivity contribution in [1.29, 1.82) is 0 Å². The number of carbonyl (C=O) groups excluding carboxylic acids is 3. The maximum atomic E-state index is 13.4. The van der Waals surface area contributed by atoms with Crippen LogP contribution in [0.3, 0.4) is 0 Å². The van der Waals surface area contributed by atoms with Crippen LogP contribution < -0.4 is 0 Å². The molecule has 0 aromatic heterocycles. The molecule has 0 saturated heterocycles. The number of carbonyl (C=O) groups is 3. The summed E-state index contributed by atoms with van der Waals surface area (Å²) in [5.41, 5.74) is 2.54. The molecule has 0 N–H and O–H groups in total. The van der Waals surface area contributed by atoms with Crippen LogP contribution >= 0.6 is 0 Å². The molecule has 0 bridgehead atoms. The number of rotatable bonds is 4. The normalized spacial score (nSPS) is 19.8. The Morgan fingerprint density at radius 3 is 1.14 bits per heavy atom. The second-order valence-electron chi connectivity index (χ2n) is 13.4. The summed E-state index contributed by atoms with van der Waals surface area (Å²) < 4.78 is 18.5. The Balaban J connectivity index is 2.25. The number of hydrogen-bond donors (Lipinski definition) is 0. The van der Waals surface area contributed by atoms with Crippen molar-refractivity contribution in [2.24, 2.45) is 16.2 Å². The van der Waals surface area contributed by atoms with Crippen LogP contribution in [0.4, 0.5) is 0 Å². The summed E-state index contributed by atoms with van der Waals surface area (Å²) in [7, 11) is 0. The molecule has 0 fully saturated rings. The van der Waals surface area contributed by atoms with Crippen LogP contribution in [-0.2, 0) is 42.1 Å². The van der Waals surface area contributed by atoms with Crippen LogP contribution in [-0.4, -0.2) is 17.9 Å². The fraction of sp³-hybridized carbons (Fsp3) is 0.750. The molecule has 0 amide bonds. The van der Waals surface area contributed by atoms with E-state index in [1.165, 1.54) is 22.3 Å². The predicted octanol–water partition coefficient (Wildman–Crippen LogP) is 7.20. The van der Waals surface area contributed by atoms with Crippen molar-refractivity contribution in [3.8, 4) is 0 Å². The van der Waals surface area contributed by atoms with Crippen molar-refractivity contribution >= 4 is 17.9 Å². The zero-order valence-corrected chi connectivity index (χ0v) is 24.7. The molecular weight excluding hydrogens is 480 g/mol. The van der Waals surface area contributed by atoms with E-state index in [0.29, 0.717) is 0 Å². The first-order valence-corrected chi connectivity index (χ1v) is 15.9. The fourth-order valence-electron chi connectivity index (χ4n) is 4.91. The molecule has 0 heterocycles. The molecule has 35 heavy (non-hydrogen) atoms. The molecule has 0 aliphatic heterocycles. The first kappa shape index (κ1) is 28.2. The summed E-state index contributed by atoms with van der Waals surface area (Å²) >= 11 is -4.99. The van der Waals surface area contributed by atoms with Crippen molar-refractivity contribution in [2.75, 3.05) is 0 Å². The summed E-state index contributed by atoms with van der Waals surface area (Å²) in [4.78, 5) is 40.3. The third-order valence-electron chi connectivity index (χ3n) is 6.98. The van der Waals surface area contributed by atoms with E-state index >= 15 is 0 Å². The molecular formula is C28H44O6Ti. The standard InChI is InChI=1S/C13H17.3C5H10O2.Ti/c1-3-7-12-10(5-1)9-11-6-2-4-8-13(11)12;3*1-5(2,3)4(6)7;/h9H,1-8H2;3*1-3H3,(H,6,7);/q;;;;+3/p-3. The van der Waals surface area contributed by atoms with Crippen molar-refractivity contribution in [3.63, 3.8) is 0 Å². The van der Waals surface area contributed by atoms with Crippen molar-refractivity contribution in [2.45, 2.75) is 118 Å². The Bertz CT molecular complexity index is 850. The van der Waals surface area contributed by atoms with Crippen LogP contribution in [0.2, 0.25) is 4.22 Å². The van der Waals surface area contributed by atoms with Gasteiger partial charge in [-0.1, -0.05) is 0 Å². The molecule has 0 spiro atoms. The van der Waals surface area contributed by atoms with Gasteiger partial charge >= 0.3 is 216 Å². The molecule has 196 valence electrons. The van der Waals surface area contributed by atoms with Crippen LogP contribution in [0.25, 0.3) is 0 Å². The quantitative estimate of drug-likeness (QED) is 0.362. The monoisotopic (exact) mass is 524 g/mol. The molecule has 7 heteroatoms. The Kier molecular flexibility index (Phi) is 7.90. The molecule has 3 aliphatic rings. The van der Waals surface area contributed by atoms with Crippen LogP contribution in [0.5, 0.6) is 0 Å². The van der Waals surface area contributed by atoms with Gasteiger partial charge in [0.2, 0.25) is 0 Å². The Hall–Kier alpha value is -1.40. The molecule has 0 aromatic carbocycles. The van der Waals surface area contributed by atoms with Gasteiger partial charge in [-0.25, -0.2) is 0 Å². The zero-order chi connectivity index (χ0) is 26.4.